The molecule has 0 unspecified atom stereocenters. The van der Waals surface area contributed by atoms with Crippen LogP contribution in [0.5, 0.6) is 0 Å². The molecule has 0 bridgehead atoms. The molecule has 1 fully saturated rings. The number of aliphatic imine (C=N–C) groups is 1. The van der Waals surface area contributed by atoms with Crippen LogP contribution in [0, 0.1) is 0 Å². The van der Waals surface area contributed by atoms with Gasteiger partial charge in [0.25, 0.3) is 28.4 Å². The summed E-state index contributed by atoms with van der Waals surface area (Å²) in [6.45, 7) is 20.2. The predicted octanol–water partition coefficient (Wildman–Crippen LogP) is 5.28. The lowest BCUT2D eigenvalue weighted by atomic mass is 10.0. The van der Waals surface area contributed by atoms with E-state index in [2.05, 4.69) is 198 Å². The number of nitrogens with one attached hydrogen (secondary N) is 3. The van der Waals surface area contributed by atoms with Gasteiger partial charge in [0.2, 0.25) is 0 Å². The van der Waals surface area contributed by atoms with Crippen LogP contribution in [0.3, 0.4) is 0 Å². The summed E-state index contributed by atoms with van der Waals surface area (Å²) >= 11 is 0. The summed E-state index contributed by atoms with van der Waals surface area (Å²) in [6, 6.07) is 47.9. The third-order valence-electron chi connectivity index (χ3n) is 15.4. The Balaban J connectivity index is 0.842. The Labute approximate surface area is 441 Å². The maximum absolute atomic E-state index is 14.0. The van der Waals surface area contributed by atoms with E-state index in [0.29, 0.717) is 29.9 Å². The molecule has 0 radical (unpaired) electrons. The molecular formula is C59H77N8O5Si2+. The number of nitrogens with zero attached hydrogens (tertiary/aromatic N) is 5. The highest BCUT2D eigenvalue weighted by molar-refractivity contribution is 7.00. The van der Waals surface area contributed by atoms with Gasteiger partial charge >= 0.3 is 5.96 Å². The van der Waals surface area contributed by atoms with Gasteiger partial charge in [-0.3, -0.25) is 19.5 Å². The minimum Gasteiger partial charge on any atom is -0.405 e. The van der Waals surface area contributed by atoms with Gasteiger partial charge < -0.3 is 34.4 Å². The molecule has 4 heterocycles. The van der Waals surface area contributed by atoms with E-state index >= 15 is 0 Å². The third kappa shape index (κ3) is 11.1. The molecule has 1 saturated heterocycles. The quantitative estimate of drug-likeness (QED) is 0.0726. The average Bonchev–Trinajstić information content (AvgIpc) is 3.43. The number of guanidine groups is 2. The first-order valence-electron chi connectivity index (χ1n) is 26.7. The van der Waals surface area contributed by atoms with Gasteiger partial charge in [-0.05, 0) is 67.4 Å². The smallest absolute Gasteiger partial charge is 0.349 e. The van der Waals surface area contributed by atoms with Crippen LogP contribution in [0.2, 0.25) is 10.1 Å². The molecular weight excluding hydrogens is 957 g/mol. The second-order valence-corrected chi connectivity index (χ2v) is 31.0. The van der Waals surface area contributed by atoms with Crippen LogP contribution in [0.25, 0.3) is 0 Å². The number of carbonyl (C=O) groups excluding carboxylic acids is 2. The van der Waals surface area contributed by atoms with E-state index in [9.17, 15) is 14.7 Å². The van der Waals surface area contributed by atoms with E-state index in [1.807, 2.05) is 0 Å². The van der Waals surface area contributed by atoms with Crippen molar-refractivity contribution < 1.29 is 28.1 Å². The van der Waals surface area contributed by atoms with E-state index in [0.717, 1.165) is 76.9 Å². The monoisotopic (exact) mass is 1030 g/mol. The minimum absolute atomic E-state index is 0.0441. The Kier molecular flexibility index (Phi) is 16.2. The van der Waals surface area contributed by atoms with Crippen LogP contribution in [0.4, 0.5) is 0 Å². The van der Waals surface area contributed by atoms with Gasteiger partial charge in [0.15, 0.2) is 5.96 Å². The SMILES string of the molecule is CC(C)(C)[Si](OC[C@@H]1CCN2CCCN(CNC(=O)c3cc(CO)cc(C(=O)NCN4CCC[N+]5=C4N[C@H](CO[Si](c4ccccc4)(c4ccccc4)C(C)(C)C)CC5)c3)C2=N1)(c1ccccc1)c1ccccc1. The first-order chi connectivity index (χ1) is 35.7. The number of aliphatic hydroxyl groups is 1. The molecule has 2 amide bonds. The maximum atomic E-state index is 14.0. The number of benzene rings is 5. The van der Waals surface area contributed by atoms with Crippen molar-refractivity contribution in [2.45, 2.75) is 96.0 Å². The van der Waals surface area contributed by atoms with Crippen LogP contribution in [-0.4, -0.2) is 143 Å². The van der Waals surface area contributed by atoms with E-state index in [1.54, 1.807) is 18.2 Å². The molecule has 74 heavy (non-hydrogen) atoms. The zero-order chi connectivity index (χ0) is 51.9. The van der Waals surface area contributed by atoms with Crippen molar-refractivity contribution in [1.82, 2.24) is 30.7 Å². The molecule has 390 valence electrons. The number of fused-ring (bicyclic) bond motifs is 1. The molecule has 2 atom stereocenters. The molecule has 5 aromatic carbocycles. The van der Waals surface area contributed by atoms with Crippen LogP contribution in [0.15, 0.2) is 145 Å². The predicted molar refractivity (Wildman–Crippen MR) is 301 cm³/mol. The molecule has 0 spiro atoms. The summed E-state index contributed by atoms with van der Waals surface area (Å²) in [7, 11) is -5.48. The molecule has 4 aliphatic heterocycles. The highest BCUT2D eigenvalue weighted by Gasteiger charge is 2.52. The van der Waals surface area contributed by atoms with Crippen molar-refractivity contribution in [1.29, 1.82) is 0 Å². The molecule has 0 aromatic heterocycles. The van der Waals surface area contributed by atoms with Crippen LogP contribution >= 0.6 is 0 Å². The summed E-state index contributed by atoms with van der Waals surface area (Å²) in [4.78, 5) is 40.0. The fraction of sp³-hybridized carbons (Fsp3) is 0.424. The first kappa shape index (κ1) is 52.7. The summed E-state index contributed by atoms with van der Waals surface area (Å²) in [5, 5.41) is 25.2. The normalized spacial score (nSPS) is 18.5. The largest absolute Gasteiger partial charge is 0.405 e. The lowest BCUT2D eigenvalue weighted by Gasteiger charge is -2.45. The Bertz CT molecular complexity index is 2690. The number of hydrogen-bond acceptors (Lipinski definition) is 10. The van der Waals surface area contributed by atoms with Gasteiger partial charge in [0.1, 0.15) is 6.67 Å². The Morgan fingerprint density at radius 2 is 1.12 bits per heavy atom. The van der Waals surface area contributed by atoms with Crippen molar-refractivity contribution in [2.24, 2.45) is 4.99 Å². The van der Waals surface area contributed by atoms with Crippen molar-refractivity contribution in [3.05, 3.63) is 156 Å². The van der Waals surface area contributed by atoms with Gasteiger partial charge in [-0.2, -0.15) is 0 Å². The van der Waals surface area contributed by atoms with Crippen molar-refractivity contribution in [3.63, 3.8) is 0 Å². The van der Waals surface area contributed by atoms with E-state index < -0.39 is 16.6 Å². The lowest BCUT2D eigenvalue weighted by Crippen LogP contribution is -2.68. The summed E-state index contributed by atoms with van der Waals surface area (Å²) in [6.07, 6.45) is 3.73. The Morgan fingerprint density at radius 3 is 1.62 bits per heavy atom. The second-order valence-electron chi connectivity index (χ2n) is 22.4. The van der Waals surface area contributed by atoms with Gasteiger partial charge in [-0.15, -0.1) is 0 Å². The third-order valence-corrected chi connectivity index (χ3v) is 25.4. The van der Waals surface area contributed by atoms with Crippen molar-refractivity contribution in [3.8, 4) is 0 Å². The zero-order valence-electron chi connectivity index (χ0n) is 44.4. The Hall–Kier alpha value is -6.11. The van der Waals surface area contributed by atoms with Crippen LogP contribution in [0.1, 0.15) is 93.5 Å². The number of aliphatic hydroxyl groups excluding tert-OH is 1. The maximum Gasteiger partial charge on any atom is 0.349 e. The van der Waals surface area contributed by atoms with Gasteiger partial charge in [-0.25, -0.2) is 9.89 Å². The lowest BCUT2D eigenvalue weighted by molar-refractivity contribution is -0.546. The summed E-state index contributed by atoms with van der Waals surface area (Å²) < 4.78 is 17.0. The second kappa shape index (κ2) is 22.8. The highest BCUT2D eigenvalue weighted by atomic mass is 28.4. The fourth-order valence-corrected chi connectivity index (χ4v) is 20.9. The Morgan fingerprint density at radius 1 is 0.635 bits per heavy atom. The van der Waals surface area contributed by atoms with E-state index in [-0.39, 0.29) is 53.9 Å². The first-order valence-corrected chi connectivity index (χ1v) is 30.5. The molecule has 9 rings (SSSR count). The molecule has 4 aliphatic rings. The molecule has 13 nitrogen and oxygen atoms in total. The van der Waals surface area contributed by atoms with Crippen molar-refractivity contribution in [2.75, 3.05) is 65.8 Å². The number of hydrogen-bond donors (Lipinski definition) is 4. The minimum atomic E-state index is -2.75. The fourth-order valence-electron chi connectivity index (χ4n) is 11.7. The van der Waals surface area contributed by atoms with Gasteiger partial charge in [-0.1, -0.05) is 163 Å². The number of amides is 2. The molecule has 0 aliphatic carbocycles. The molecule has 5 aromatic rings. The molecule has 15 heteroatoms. The van der Waals surface area contributed by atoms with E-state index in [4.69, 9.17) is 13.8 Å². The van der Waals surface area contributed by atoms with Gasteiger partial charge in [0, 0.05) is 43.6 Å². The average molecular weight is 1030 g/mol. The standard InChI is InChI=1S/C59H76N8O5Si2/c1-58(2,3)73(50-21-11-7-12-22-50,51-23-13-8-14-24-51)71-41-48-29-35-64-31-19-33-66(56(64)62-48)43-60-54(69)46-37-45(40-68)38-47(39-46)55(70)61-44-67-34-20-32-65-36-30-49(63-57(65)67)42-72-74(59(4,5)6,52-25-15-9-16-26-52)53-27-17-10-18-28-53/h7-18,21-28,37-39,48-49,68H,19-20,29-36,40-44H2,1-6H3,(H2,60,61,69,70)/p+1/t48-,49-/m0/s1. The van der Waals surface area contributed by atoms with Crippen LogP contribution in [-0.2, 0) is 15.5 Å². The highest BCUT2D eigenvalue weighted by Crippen LogP contribution is 2.38. The number of carbonyl (C=O) groups is 2. The topological polar surface area (TPSA) is 134 Å². The molecule has 0 saturated carbocycles. The number of rotatable bonds is 17. The summed E-state index contributed by atoms with van der Waals surface area (Å²) in [5.41, 5.74) is 1.12. The molecule has 4 N–H and O–H groups in total. The zero-order valence-corrected chi connectivity index (χ0v) is 46.4. The van der Waals surface area contributed by atoms with E-state index in [1.165, 1.54) is 20.7 Å². The summed E-state index contributed by atoms with van der Waals surface area (Å²) in [5.74, 6) is 1.24. The van der Waals surface area contributed by atoms with Crippen LogP contribution < -0.4 is 36.7 Å². The van der Waals surface area contributed by atoms with Gasteiger partial charge in [0.05, 0.1) is 58.2 Å². The van der Waals surface area contributed by atoms with Crippen molar-refractivity contribution >= 4 is 61.1 Å².